The Kier molecular flexibility index (Phi) is 10.5. The van der Waals surface area contributed by atoms with Gasteiger partial charge in [0.15, 0.2) is 0 Å². The Morgan fingerprint density at radius 2 is 1.75 bits per heavy atom. The molecule has 0 bridgehead atoms. The molecule has 178 valence electrons. The van der Waals surface area contributed by atoms with Gasteiger partial charge in [0.1, 0.15) is 24.4 Å². The van der Waals surface area contributed by atoms with Crippen LogP contribution in [0.15, 0.2) is 24.3 Å². The van der Waals surface area contributed by atoms with Crippen LogP contribution in [0.2, 0.25) is 0 Å². The maximum Gasteiger partial charge on any atom is 0.243 e. The topological polar surface area (TPSA) is 109 Å². The number of ether oxygens (including phenoxy) is 1. The number of amides is 3. The zero-order chi connectivity index (χ0) is 23.5. The third-order valence-electron chi connectivity index (χ3n) is 5.32. The molecule has 1 aromatic carbocycles. The summed E-state index contributed by atoms with van der Waals surface area (Å²) in [4.78, 5) is 38.1. The Morgan fingerprint density at radius 3 is 2.47 bits per heavy atom. The average molecular weight is 447 g/mol. The number of hydrogen-bond donors (Lipinski definition) is 4. The number of nitrogens with one attached hydrogen (secondary N) is 4. The second kappa shape index (κ2) is 13.1. The fraction of sp³-hybridized carbons (Fsp3) is 0.625. The Morgan fingerprint density at radius 1 is 1.00 bits per heavy atom. The van der Waals surface area contributed by atoms with Gasteiger partial charge in [0, 0.05) is 13.1 Å². The van der Waals surface area contributed by atoms with Crippen LogP contribution >= 0.6 is 0 Å². The van der Waals surface area contributed by atoms with Crippen molar-refractivity contribution in [1.82, 2.24) is 21.3 Å². The Balaban J connectivity index is 2.16. The van der Waals surface area contributed by atoms with Crippen molar-refractivity contribution in [3.05, 3.63) is 29.8 Å². The van der Waals surface area contributed by atoms with Gasteiger partial charge < -0.3 is 26.0 Å². The molecule has 32 heavy (non-hydrogen) atoms. The van der Waals surface area contributed by atoms with Gasteiger partial charge in [-0.3, -0.25) is 14.4 Å². The van der Waals surface area contributed by atoms with Crippen molar-refractivity contribution in [2.75, 3.05) is 26.2 Å². The van der Waals surface area contributed by atoms with E-state index in [4.69, 9.17) is 4.74 Å². The van der Waals surface area contributed by atoms with Crippen LogP contribution < -0.4 is 26.0 Å². The molecule has 0 spiro atoms. The van der Waals surface area contributed by atoms with Gasteiger partial charge in [-0.1, -0.05) is 45.9 Å². The zero-order valence-electron chi connectivity index (χ0n) is 19.7. The van der Waals surface area contributed by atoms with Crippen LogP contribution in [0.5, 0.6) is 5.75 Å². The first kappa shape index (κ1) is 25.6. The molecular weight excluding hydrogens is 408 g/mol. The predicted octanol–water partition coefficient (Wildman–Crippen LogP) is 1.39. The number of rotatable bonds is 3. The van der Waals surface area contributed by atoms with E-state index < -0.39 is 12.1 Å². The van der Waals surface area contributed by atoms with Crippen LogP contribution in [0.25, 0.3) is 0 Å². The van der Waals surface area contributed by atoms with E-state index in [1.54, 1.807) is 0 Å². The van der Waals surface area contributed by atoms with Gasteiger partial charge in [0.05, 0.1) is 6.54 Å². The Hall–Kier alpha value is -2.61. The molecule has 4 N–H and O–H groups in total. The molecule has 0 saturated heterocycles. The largest absolute Gasteiger partial charge is 0.492 e. The van der Waals surface area contributed by atoms with Gasteiger partial charge in [-0.25, -0.2) is 0 Å². The van der Waals surface area contributed by atoms with E-state index in [-0.39, 0.29) is 36.1 Å². The van der Waals surface area contributed by atoms with Gasteiger partial charge in [0.2, 0.25) is 17.7 Å². The number of aryl methyl sites for hydroxylation is 1. The van der Waals surface area contributed by atoms with Crippen molar-refractivity contribution in [2.45, 2.75) is 59.0 Å². The monoisotopic (exact) mass is 446 g/mol. The lowest BCUT2D eigenvalue weighted by Gasteiger charge is -2.26. The van der Waals surface area contributed by atoms with Crippen LogP contribution in [0.3, 0.4) is 0 Å². The first-order valence-corrected chi connectivity index (χ1v) is 11.6. The van der Waals surface area contributed by atoms with Crippen molar-refractivity contribution in [2.24, 2.45) is 11.8 Å². The Bertz CT molecular complexity index is 766. The summed E-state index contributed by atoms with van der Waals surface area (Å²) in [6, 6.07) is 6.49. The fourth-order valence-corrected chi connectivity index (χ4v) is 3.62. The molecule has 3 amide bonds. The van der Waals surface area contributed by atoms with Gasteiger partial charge in [-0.05, 0) is 42.7 Å². The van der Waals surface area contributed by atoms with Crippen molar-refractivity contribution in [3.8, 4) is 5.75 Å². The van der Waals surface area contributed by atoms with Crippen molar-refractivity contribution < 1.29 is 19.1 Å². The third kappa shape index (κ3) is 8.49. The lowest BCUT2D eigenvalue weighted by Crippen LogP contribution is -2.56. The van der Waals surface area contributed by atoms with Crippen molar-refractivity contribution in [1.29, 1.82) is 0 Å². The molecule has 0 radical (unpaired) electrons. The molecule has 0 fully saturated rings. The smallest absolute Gasteiger partial charge is 0.243 e. The summed E-state index contributed by atoms with van der Waals surface area (Å²) in [6.45, 7) is 9.27. The second-order valence-electron chi connectivity index (χ2n) is 9.01. The lowest BCUT2D eigenvalue weighted by atomic mass is 9.99. The van der Waals surface area contributed by atoms with Gasteiger partial charge >= 0.3 is 0 Å². The number of benzene rings is 1. The molecule has 8 nitrogen and oxygen atoms in total. The van der Waals surface area contributed by atoms with E-state index in [2.05, 4.69) is 21.3 Å². The molecule has 0 saturated carbocycles. The third-order valence-corrected chi connectivity index (χ3v) is 5.32. The number of carbonyl (C=O) groups is 3. The number of carbonyl (C=O) groups excluding carboxylic acids is 3. The summed E-state index contributed by atoms with van der Waals surface area (Å²) in [5, 5.41) is 11.7. The van der Waals surface area contributed by atoms with E-state index in [1.807, 2.05) is 52.0 Å². The summed E-state index contributed by atoms with van der Waals surface area (Å²) in [7, 11) is 0. The summed E-state index contributed by atoms with van der Waals surface area (Å²) in [5.74, 6) is 0.110. The van der Waals surface area contributed by atoms with E-state index in [0.717, 1.165) is 24.2 Å². The zero-order valence-corrected chi connectivity index (χ0v) is 19.7. The molecule has 2 rings (SSSR count). The fourth-order valence-electron chi connectivity index (χ4n) is 3.62. The van der Waals surface area contributed by atoms with Crippen LogP contribution in [0, 0.1) is 11.8 Å². The minimum absolute atomic E-state index is 0.0808. The van der Waals surface area contributed by atoms with Gasteiger partial charge in [-0.2, -0.15) is 0 Å². The first-order valence-electron chi connectivity index (χ1n) is 11.6. The molecule has 2 atom stereocenters. The molecule has 1 aliphatic rings. The summed E-state index contributed by atoms with van der Waals surface area (Å²) in [5.41, 5.74) is 1.08. The second-order valence-corrected chi connectivity index (χ2v) is 9.01. The molecule has 0 aromatic heterocycles. The summed E-state index contributed by atoms with van der Waals surface area (Å²) in [6.07, 6.45) is 2.05. The van der Waals surface area contributed by atoms with Crippen LogP contribution in [-0.4, -0.2) is 56.0 Å². The molecule has 8 heteroatoms. The first-order chi connectivity index (χ1) is 15.3. The predicted molar refractivity (Wildman–Crippen MR) is 124 cm³/mol. The van der Waals surface area contributed by atoms with E-state index in [9.17, 15) is 14.4 Å². The summed E-state index contributed by atoms with van der Waals surface area (Å²) >= 11 is 0. The van der Waals surface area contributed by atoms with E-state index >= 15 is 0 Å². The SMILES string of the molecule is CC(C)CC1NC(=O)C(C(C)C)NC(=O)CNCCOc2ccccc2CCCNC1=O. The highest BCUT2D eigenvalue weighted by atomic mass is 16.5. The standard InChI is InChI=1S/C24H38N4O4/c1-16(2)14-19-23(30)26-11-7-9-18-8-5-6-10-20(18)32-13-12-25-15-21(29)28-22(17(3)4)24(31)27-19/h5-6,8,10,16-17,19,22,25H,7,9,11-15H2,1-4H3,(H,26,30)(H,27,31)(H,28,29). The number of para-hydroxylation sites is 1. The number of fused-ring (bicyclic) bond motifs is 1. The molecule has 1 heterocycles. The maximum atomic E-state index is 12.9. The molecule has 0 aliphatic carbocycles. The number of hydrogen-bond acceptors (Lipinski definition) is 5. The van der Waals surface area contributed by atoms with E-state index in [1.165, 1.54) is 0 Å². The van der Waals surface area contributed by atoms with Crippen LogP contribution in [0.1, 0.15) is 46.1 Å². The normalized spacial score (nSPS) is 22.1. The highest BCUT2D eigenvalue weighted by molar-refractivity contribution is 5.92. The molecule has 1 aromatic rings. The highest BCUT2D eigenvalue weighted by Crippen LogP contribution is 2.19. The molecule has 1 aliphatic heterocycles. The van der Waals surface area contributed by atoms with Crippen LogP contribution in [0.4, 0.5) is 0 Å². The summed E-state index contributed by atoms with van der Waals surface area (Å²) < 4.78 is 5.88. The quantitative estimate of drug-likeness (QED) is 0.561. The minimum atomic E-state index is -0.714. The highest BCUT2D eigenvalue weighted by Gasteiger charge is 2.29. The van der Waals surface area contributed by atoms with E-state index in [0.29, 0.717) is 26.1 Å². The lowest BCUT2D eigenvalue weighted by molar-refractivity contribution is -0.133. The van der Waals surface area contributed by atoms with Gasteiger partial charge in [0.25, 0.3) is 0 Å². The minimum Gasteiger partial charge on any atom is -0.492 e. The maximum absolute atomic E-state index is 12.9. The average Bonchev–Trinajstić information content (AvgIpc) is 2.73. The van der Waals surface area contributed by atoms with Crippen LogP contribution in [-0.2, 0) is 20.8 Å². The van der Waals surface area contributed by atoms with Crippen molar-refractivity contribution >= 4 is 17.7 Å². The van der Waals surface area contributed by atoms with Gasteiger partial charge in [-0.15, -0.1) is 0 Å². The van der Waals surface area contributed by atoms with Crippen molar-refractivity contribution in [3.63, 3.8) is 0 Å². The molecule has 2 unspecified atom stereocenters. The Labute approximate surface area is 191 Å². The molecular formula is C24H38N4O4.